The molecule has 0 bridgehead atoms. The lowest BCUT2D eigenvalue weighted by Gasteiger charge is -2.17. The van der Waals surface area contributed by atoms with E-state index < -0.39 is 0 Å². The molecule has 314 valence electrons. The van der Waals surface area contributed by atoms with Gasteiger partial charge in [0.05, 0.1) is 39.1 Å². The fraction of sp³-hybridized carbons (Fsp3) is 0.0645. The second-order valence-electron chi connectivity index (χ2n) is 17.7. The Kier molecular flexibility index (Phi) is 9.35. The van der Waals surface area contributed by atoms with E-state index in [1.165, 1.54) is 88.2 Å². The summed E-state index contributed by atoms with van der Waals surface area (Å²) in [4.78, 5) is 10.1. The average Bonchev–Trinajstić information content (AvgIpc) is 3.87. The number of aryl methyl sites for hydroxylation is 4. The van der Waals surface area contributed by atoms with Gasteiger partial charge in [0.1, 0.15) is 0 Å². The quantitative estimate of drug-likeness (QED) is 0.160. The Balaban J connectivity index is 0.861. The van der Waals surface area contributed by atoms with Gasteiger partial charge in [-0.2, -0.15) is 0 Å². The molecule has 9 aromatic carbocycles. The zero-order valence-corrected chi connectivity index (χ0v) is 37.4. The predicted molar refractivity (Wildman–Crippen MR) is 277 cm³/mol. The first-order chi connectivity index (χ1) is 32.3. The lowest BCUT2D eigenvalue weighted by Crippen LogP contribution is -2.01. The second-order valence-corrected chi connectivity index (χ2v) is 17.7. The van der Waals surface area contributed by atoms with E-state index in [1.807, 2.05) is 0 Å². The molecule has 0 unspecified atom stereocenters. The molecule has 0 fully saturated rings. The van der Waals surface area contributed by atoms with E-state index in [-0.39, 0.29) is 0 Å². The minimum absolute atomic E-state index is 0.723. The molecule has 66 heavy (non-hydrogen) atoms. The third kappa shape index (κ3) is 6.69. The Bertz CT molecular complexity index is 3670. The summed E-state index contributed by atoms with van der Waals surface area (Å²) in [5, 5.41) is 5.03. The molecule has 4 heteroatoms. The highest BCUT2D eigenvalue weighted by Gasteiger charge is 2.19. The van der Waals surface area contributed by atoms with Gasteiger partial charge in [0.15, 0.2) is 5.82 Å². The standard InChI is InChI=1S/C62H46N4/c1-39-17-21-46(22-18-39)55-38-56(64-62(63-55)48-23-19-40(2)20-24-48)47-31-29-44(30-32-47)43-25-27-45(28-26-43)49-35-41(3)61(42(4)36-49)66-59-16-10-7-13-53(59)54-37-50(33-34-60(54)66)65-57-14-8-5-11-51(57)52-12-6-9-15-58(52)65/h5-38H,1-4H3. The lowest BCUT2D eigenvalue weighted by atomic mass is 9.96. The molecule has 4 nitrogen and oxygen atoms in total. The molecule has 0 aliphatic carbocycles. The van der Waals surface area contributed by atoms with Gasteiger partial charge < -0.3 is 9.13 Å². The molecule has 12 rings (SSSR count). The highest BCUT2D eigenvalue weighted by molar-refractivity contribution is 6.12. The third-order valence-corrected chi connectivity index (χ3v) is 13.3. The number of aromatic nitrogens is 4. The van der Waals surface area contributed by atoms with Crippen molar-refractivity contribution in [1.82, 2.24) is 19.1 Å². The number of hydrogen-bond donors (Lipinski definition) is 0. The number of benzene rings is 9. The van der Waals surface area contributed by atoms with Crippen LogP contribution in [0.15, 0.2) is 206 Å². The molecule has 0 saturated heterocycles. The van der Waals surface area contributed by atoms with Crippen LogP contribution in [0.4, 0.5) is 0 Å². The zero-order chi connectivity index (χ0) is 44.5. The molecule has 0 aliphatic heterocycles. The van der Waals surface area contributed by atoms with Crippen LogP contribution in [0.25, 0.3) is 111 Å². The molecule has 12 aromatic rings. The third-order valence-electron chi connectivity index (χ3n) is 13.3. The van der Waals surface area contributed by atoms with Gasteiger partial charge in [0.25, 0.3) is 0 Å². The fourth-order valence-electron chi connectivity index (χ4n) is 10.0. The number of para-hydroxylation sites is 3. The Morgan fingerprint density at radius 2 is 0.697 bits per heavy atom. The van der Waals surface area contributed by atoms with Gasteiger partial charge in [0.2, 0.25) is 0 Å². The molecule has 0 atom stereocenters. The molecule has 0 N–H and O–H groups in total. The summed E-state index contributed by atoms with van der Waals surface area (Å²) >= 11 is 0. The maximum Gasteiger partial charge on any atom is 0.160 e. The maximum atomic E-state index is 5.08. The van der Waals surface area contributed by atoms with Gasteiger partial charge >= 0.3 is 0 Å². The van der Waals surface area contributed by atoms with E-state index in [4.69, 9.17) is 9.97 Å². The molecule has 0 saturated carbocycles. The Hall–Kier alpha value is -8.34. The summed E-state index contributed by atoms with van der Waals surface area (Å²) in [5.41, 5.74) is 21.8. The maximum absolute atomic E-state index is 5.08. The minimum Gasteiger partial charge on any atom is -0.309 e. The highest BCUT2D eigenvalue weighted by atomic mass is 15.0. The topological polar surface area (TPSA) is 35.6 Å². The summed E-state index contributed by atoms with van der Waals surface area (Å²) in [6.07, 6.45) is 0. The van der Waals surface area contributed by atoms with Crippen molar-refractivity contribution in [3.05, 3.63) is 229 Å². The highest BCUT2D eigenvalue weighted by Crippen LogP contribution is 2.39. The summed E-state index contributed by atoms with van der Waals surface area (Å²) in [5.74, 6) is 0.723. The van der Waals surface area contributed by atoms with Crippen molar-refractivity contribution < 1.29 is 0 Å². The summed E-state index contributed by atoms with van der Waals surface area (Å²) in [6.45, 7) is 8.71. The smallest absolute Gasteiger partial charge is 0.160 e. The number of fused-ring (bicyclic) bond motifs is 6. The van der Waals surface area contributed by atoms with Crippen molar-refractivity contribution in [2.45, 2.75) is 27.7 Å². The van der Waals surface area contributed by atoms with Crippen molar-refractivity contribution in [1.29, 1.82) is 0 Å². The van der Waals surface area contributed by atoms with Crippen LogP contribution in [0, 0.1) is 27.7 Å². The normalized spacial score (nSPS) is 11.6. The van der Waals surface area contributed by atoms with Crippen LogP contribution >= 0.6 is 0 Å². The minimum atomic E-state index is 0.723. The van der Waals surface area contributed by atoms with Gasteiger partial charge in [-0.1, -0.05) is 163 Å². The largest absolute Gasteiger partial charge is 0.309 e. The summed E-state index contributed by atoms with van der Waals surface area (Å²) in [7, 11) is 0. The Morgan fingerprint density at radius 3 is 1.21 bits per heavy atom. The Morgan fingerprint density at radius 1 is 0.303 bits per heavy atom. The van der Waals surface area contributed by atoms with E-state index in [9.17, 15) is 0 Å². The van der Waals surface area contributed by atoms with Crippen LogP contribution in [0.1, 0.15) is 22.3 Å². The zero-order valence-electron chi connectivity index (χ0n) is 37.4. The monoisotopic (exact) mass is 846 g/mol. The number of hydrogen-bond acceptors (Lipinski definition) is 2. The summed E-state index contributed by atoms with van der Waals surface area (Å²) < 4.78 is 4.88. The molecule has 3 heterocycles. The van der Waals surface area contributed by atoms with Crippen LogP contribution in [0.3, 0.4) is 0 Å². The average molecular weight is 847 g/mol. The van der Waals surface area contributed by atoms with E-state index in [2.05, 4.69) is 243 Å². The molecule has 0 spiro atoms. The van der Waals surface area contributed by atoms with Gasteiger partial charge in [-0.05, 0) is 116 Å². The van der Waals surface area contributed by atoms with Gasteiger partial charge in [-0.3, -0.25) is 0 Å². The van der Waals surface area contributed by atoms with Crippen LogP contribution in [-0.4, -0.2) is 19.1 Å². The fourth-order valence-corrected chi connectivity index (χ4v) is 10.0. The molecule has 0 aliphatic rings. The molecular formula is C62H46N4. The van der Waals surface area contributed by atoms with Crippen molar-refractivity contribution in [2.75, 3.05) is 0 Å². The van der Waals surface area contributed by atoms with E-state index in [0.29, 0.717) is 0 Å². The van der Waals surface area contributed by atoms with E-state index >= 15 is 0 Å². The first-order valence-corrected chi connectivity index (χ1v) is 22.7. The number of nitrogens with zero attached hydrogens (tertiary/aromatic N) is 4. The van der Waals surface area contributed by atoms with Gasteiger partial charge in [-0.15, -0.1) is 0 Å². The van der Waals surface area contributed by atoms with E-state index in [0.717, 1.165) is 45.2 Å². The second kappa shape index (κ2) is 15.7. The van der Waals surface area contributed by atoms with Crippen LogP contribution < -0.4 is 0 Å². The first kappa shape index (κ1) is 39.3. The van der Waals surface area contributed by atoms with E-state index in [1.54, 1.807) is 0 Å². The predicted octanol–water partition coefficient (Wildman–Crippen LogP) is 16.2. The molecule has 0 amide bonds. The van der Waals surface area contributed by atoms with Gasteiger partial charge in [0, 0.05) is 43.9 Å². The Labute approximate surface area is 384 Å². The first-order valence-electron chi connectivity index (χ1n) is 22.7. The van der Waals surface area contributed by atoms with Gasteiger partial charge in [-0.25, -0.2) is 9.97 Å². The van der Waals surface area contributed by atoms with Crippen LogP contribution in [-0.2, 0) is 0 Å². The van der Waals surface area contributed by atoms with Crippen LogP contribution in [0.2, 0.25) is 0 Å². The van der Waals surface area contributed by atoms with Crippen LogP contribution in [0.5, 0.6) is 0 Å². The van der Waals surface area contributed by atoms with Crippen molar-refractivity contribution >= 4 is 43.6 Å². The van der Waals surface area contributed by atoms with Crippen molar-refractivity contribution in [3.8, 4) is 67.5 Å². The van der Waals surface area contributed by atoms with Crippen molar-refractivity contribution in [2.24, 2.45) is 0 Å². The lowest BCUT2D eigenvalue weighted by molar-refractivity contribution is 1.12. The summed E-state index contributed by atoms with van der Waals surface area (Å²) in [6, 6.07) is 74.7. The SMILES string of the molecule is Cc1ccc(-c2cc(-c3ccc(-c4ccc(-c5cc(C)c(-n6c7ccccc7c7cc(-n8c9ccccc9c9ccccc98)ccc76)c(C)c5)cc4)cc3)nc(-c3ccc(C)cc3)n2)cc1. The molecule has 0 radical (unpaired) electrons. The molecular weight excluding hydrogens is 801 g/mol. The van der Waals surface area contributed by atoms with Crippen molar-refractivity contribution in [3.63, 3.8) is 0 Å². The number of rotatable bonds is 7. The molecule has 3 aromatic heterocycles.